The van der Waals surface area contributed by atoms with Gasteiger partial charge in [0.05, 0.1) is 18.4 Å². The first-order chi connectivity index (χ1) is 11.2. The Balaban J connectivity index is 1.69. The van der Waals surface area contributed by atoms with E-state index in [9.17, 15) is 0 Å². The lowest BCUT2D eigenvalue weighted by Gasteiger charge is -2.08. The number of aromatic nitrogens is 4. The average Bonchev–Trinajstić information content (AvgIpc) is 2.53. The summed E-state index contributed by atoms with van der Waals surface area (Å²) < 4.78 is 0. The van der Waals surface area contributed by atoms with Crippen LogP contribution in [0.2, 0.25) is 10.0 Å². The van der Waals surface area contributed by atoms with Crippen LogP contribution < -0.4 is 10.6 Å². The van der Waals surface area contributed by atoms with E-state index in [1.54, 1.807) is 24.4 Å². The summed E-state index contributed by atoms with van der Waals surface area (Å²) in [5.74, 6) is 0.927. The highest BCUT2D eigenvalue weighted by Gasteiger charge is 2.03. The zero-order valence-electron chi connectivity index (χ0n) is 11.9. The summed E-state index contributed by atoms with van der Waals surface area (Å²) in [5.41, 5.74) is 1.61. The smallest absolute Gasteiger partial charge is 0.245 e. The Morgan fingerprint density at radius 1 is 1.04 bits per heavy atom. The van der Waals surface area contributed by atoms with Gasteiger partial charge >= 0.3 is 0 Å². The maximum atomic E-state index is 5.97. The van der Waals surface area contributed by atoms with Crippen LogP contribution >= 0.6 is 23.2 Å². The summed E-state index contributed by atoms with van der Waals surface area (Å²) in [6.45, 7) is 0.509. The van der Waals surface area contributed by atoms with Crippen LogP contribution in [-0.2, 0) is 6.54 Å². The summed E-state index contributed by atoms with van der Waals surface area (Å²) in [5, 5.41) is 15.1. The van der Waals surface area contributed by atoms with Crippen LogP contribution in [0.3, 0.4) is 0 Å². The topological polar surface area (TPSA) is 75.6 Å². The van der Waals surface area contributed by atoms with Crippen molar-refractivity contribution in [3.63, 3.8) is 0 Å². The van der Waals surface area contributed by atoms with E-state index in [1.807, 2.05) is 18.2 Å². The number of benzene rings is 1. The maximum absolute atomic E-state index is 5.97. The molecule has 0 amide bonds. The largest absolute Gasteiger partial charge is 0.347 e. The molecule has 0 spiro atoms. The van der Waals surface area contributed by atoms with Gasteiger partial charge in [-0.1, -0.05) is 29.3 Å². The fourth-order valence-corrected chi connectivity index (χ4v) is 2.41. The van der Waals surface area contributed by atoms with Crippen molar-refractivity contribution in [2.75, 3.05) is 10.6 Å². The summed E-state index contributed by atoms with van der Waals surface area (Å²) >= 11 is 11.9. The molecule has 0 unspecified atom stereocenters. The highest BCUT2D eigenvalue weighted by atomic mass is 35.5. The van der Waals surface area contributed by atoms with Crippen LogP contribution in [0.15, 0.2) is 48.8 Å². The van der Waals surface area contributed by atoms with Gasteiger partial charge in [0.25, 0.3) is 0 Å². The summed E-state index contributed by atoms with van der Waals surface area (Å²) in [4.78, 5) is 8.55. The Labute approximate surface area is 142 Å². The molecule has 0 aliphatic carbocycles. The zero-order chi connectivity index (χ0) is 16.1. The Morgan fingerprint density at radius 2 is 1.87 bits per heavy atom. The van der Waals surface area contributed by atoms with Crippen molar-refractivity contribution in [3.8, 4) is 0 Å². The molecule has 0 saturated heterocycles. The molecule has 0 radical (unpaired) electrons. The predicted molar refractivity (Wildman–Crippen MR) is 91.1 cm³/mol. The molecule has 8 heteroatoms. The molecule has 2 heterocycles. The van der Waals surface area contributed by atoms with Gasteiger partial charge in [0.2, 0.25) is 5.95 Å². The average molecular weight is 347 g/mol. The van der Waals surface area contributed by atoms with Crippen molar-refractivity contribution in [1.82, 2.24) is 20.2 Å². The first-order valence-corrected chi connectivity index (χ1v) is 7.51. The van der Waals surface area contributed by atoms with Crippen molar-refractivity contribution in [2.45, 2.75) is 6.54 Å². The molecular weight excluding hydrogens is 335 g/mol. The van der Waals surface area contributed by atoms with E-state index >= 15 is 0 Å². The van der Waals surface area contributed by atoms with Crippen molar-refractivity contribution < 1.29 is 0 Å². The lowest BCUT2D eigenvalue weighted by atomic mass is 10.3. The second kappa shape index (κ2) is 7.21. The van der Waals surface area contributed by atoms with Gasteiger partial charge < -0.3 is 10.6 Å². The highest BCUT2D eigenvalue weighted by Crippen LogP contribution is 2.24. The lowest BCUT2D eigenvalue weighted by molar-refractivity contribution is 0.934. The quantitative estimate of drug-likeness (QED) is 0.728. The SMILES string of the molecule is Clc1cc(Cl)cc(Nc2cnnc(NCc3ccccn3)n2)c1. The van der Waals surface area contributed by atoms with E-state index in [-0.39, 0.29) is 0 Å². The van der Waals surface area contributed by atoms with Crippen LogP contribution in [0.4, 0.5) is 17.5 Å². The molecule has 1 aromatic carbocycles. The Hall–Kier alpha value is -2.44. The number of hydrogen-bond acceptors (Lipinski definition) is 6. The van der Waals surface area contributed by atoms with Gasteiger partial charge in [0.1, 0.15) is 0 Å². The third kappa shape index (κ3) is 4.51. The van der Waals surface area contributed by atoms with Crippen LogP contribution in [0.25, 0.3) is 0 Å². The molecule has 0 aliphatic rings. The molecule has 0 saturated carbocycles. The van der Waals surface area contributed by atoms with Crippen molar-refractivity contribution in [1.29, 1.82) is 0 Å². The van der Waals surface area contributed by atoms with Crippen molar-refractivity contribution in [2.24, 2.45) is 0 Å². The molecule has 2 aromatic heterocycles. The third-order valence-corrected chi connectivity index (χ3v) is 3.28. The Morgan fingerprint density at radius 3 is 2.61 bits per heavy atom. The number of nitrogens with zero attached hydrogens (tertiary/aromatic N) is 4. The number of nitrogens with one attached hydrogen (secondary N) is 2. The van der Waals surface area contributed by atoms with E-state index in [0.29, 0.717) is 28.4 Å². The standard InChI is InChI=1S/C15H12Cl2N6/c16-10-5-11(17)7-13(6-10)21-14-9-20-23-15(22-14)19-8-12-3-1-2-4-18-12/h1-7,9H,8H2,(H2,19,21,22,23). The fraction of sp³-hybridized carbons (Fsp3) is 0.0667. The van der Waals surface area contributed by atoms with E-state index in [2.05, 4.69) is 30.8 Å². The van der Waals surface area contributed by atoms with E-state index in [4.69, 9.17) is 23.2 Å². The molecule has 23 heavy (non-hydrogen) atoms. The first kappa shape index (κ1) is 15.5. The zero-order valence-corrected chi connectivity index (χ0v) is 13.4. The minimum atomic E-state index is 0.397. The maximum Gasteiger partial charge on any atom is 0.245 e. The molecule has 6 nitrogen and oxygen atoms in total. The second-order valence-corrected chi connectivity index (χ2v) is 5.50. The van der Waals surface area contributed by atoms with E-state index < -0.39 is 0 Å². The fourth-order valence-electron chi connectivity index (χ4n) is 1.88. The number of halogens is 2. The van der Waals surface area contributed by atoms with Gasteiger partial charge in [-0.25, -0.2) is 0 Å². The van der Waals surface area contributed by atoms with Crippen molar-refractivity contribution >= 4 is 40.7 Å². The first-order valence-electron chi connectivity index (χ1n) is 6.76. The van der Waals surface area contributed by atoms with Gasteiger partial charge in [0, 0.05) is 21.9 Å². The van der Waals surface area contributed by atoms with Gasteiger partial charge in [0.15, 0.2) is 5.82 Å². The van der Waals surface area contributed by atoms with E-state index in [0.717, 1.165) is 11.4 Å². The summed E-state index contributed by atoms with van der Waals surface area (Å²) in [6, 6.07) is 10.8. The minimum Gasteiger partial charge on any atom is -0.347 e. The van der Waals surface area contributed by atoms with Crippen LogP contribution in [0.1, 0.15) is 5.69 Å². The monoisotopic (exact) mass is 346 g/mol. The number of anilines is 3. The second-order valence-electron chi connectivity index (χ2n) is 4.62. The third-order valence-electron chi connectivity index (χ3n) is 2.85. The van der Waals surface area contributed by atoms with Gasteiger partial charge in [-0.3, -0.25) is 4.98 Å². The molecule has 3 aromatic rings. The molecular formula is C15H12Cl2N6. The van der Waals surface area contributed by atoms with Crippen LogP contribution in [-0.4, -0.2) is 20.2 Å². The molecule has 0 atom stereocenters. The molecule has 116 valence electrons. The van der Waals surface area contributed by atoms with Crippen molar-refractivity contribution in [3.05, 3.63) is 64.5 Å². The summed E-state index contributed by atoms with van der Waals surface area (Å²) in [7, 11) is 0. The normalized spacial score (nSPS) is 10.3. The highest BCUT2D eigenvalue weighted by molar-refractivity contribution is 6.35. The molecule has 3 rings (SSSR count). The van der Waals surface area contributed by atoms with Gasteiger partial charge in [-0.05, 0) is 30.3 Å². The lowest BCUT2D eigenvalue weighted by Crippen LogP contribution is -2.07. The number of pyridine rings is 1. The predicted octanol–water partition coefficient (Wildman–Crippen LogP) is 3.93. The van der Waals surface area contributed by atoms with Crippen LogP contribution in [0.5, 0.6) is 0 Å². The Bertz CT molecular complexity index is 777. The molecule has 0 fully saturated rings. The molecule has 0 bridgehead atoms. The van der Waals surface area contributed by atoms with Gasteiger partial charge in [-0.2, -0.15) is 10.1 Å². The Kier molecular flexibility index (Phi) is 4.85. The molecule has 2 N–H and O–H groups in total. The van der Waals surface area contributed by atoms with Gasteiger partial charge in [-0.15, -0.1) is 5.10 Å². The van der Waals surface area contributed by atoms with Crippen LogP contribution in [0, 0.1) is 0 Å². The number of rotatable bonds is 5. The van der Waals surface area contributed by atoms with E-state index in [1.165, 1.54) is 6.20 Å². The molecule has 0 aliphatic heterocycles. The minimum absolute atomic E-state index is 0.397. The summed E-state index contributed by atoms with van der Waals surface area (Å²) in [6.07, 6.45) is 3.25. The number of hydrogen-bond donors (Lipinski definition) is 2.